The highest BCUT2D eigenvalue weighted by Crippen LogP contribution is 2.20. The summed E-state index contributed by atoms with van der Waals surface area (Å²) < 4.78 is 24.8. The maximum atomic E-state index is 12.1. The zero-order valence-electron chi connectivity index (χ0n) is 9.75. The maximum absolute atomic E-state index is 12.1. The highest BCUT2D eigenvalue weighted by Gasteiger charge is 2.19. The van der Waals surface area contributed by atoms with Crippen molar-refractivity contribution in [2.75, 3.05) is 0 Å². The smallest absolute Gasteiger partial charge is 0.234 e. The van der Waals surface area contributed by atoms with Crippen LogP contribution in [0.25, 0.3) is 0 Å². The lowest BCUT2D eigenvalue weighted by molar-refractivity contribution is 0.509. The number of nitrogens with zero attached hydrogens (tertiary/aromatic N) is 1. The molecule has 0 unspecified atom stereocenters. The van der Waals surface area contributed by atoms with Gasteiger partial charge in [-0.3, -0.25) is 0 Å². The predicted molar refractivity (Wildman–Crippen MR) is 73.5 cm³/mol. The van der Waals surface area contributed by atoms with Crippen molar-refractivity contribution < 1.29 is 8.42 Å². The molecule has 0 atom stereocenters. The van der Waals surface area contributed by atoms with Gasteiger partial charge in [0.1, 0.15) is 4.84 Å². The van der Waals surface area contributed by atoms with Gasteiger partial charge in [-0.15, -0.1) is 23.2 Å². The highest BCUT2D eigenvalue weighted by molar-refractivity contribution is 7.89. The summed E-state index contributed by atoms with van der Waals surface area (Å²) in [5, 5.41) is 0. The number of allylic oxidation sites excluding steroid dienone is 1. The molecule has 0 saturated carbocycles. The Hall–Kier alpha value is -0.750. The molecule has 2 N–H and O–H groups in total. The van der Waals surface area contributed by atoms with Crippen molar-refractivity contribution in [3.63, 3.8) is 0 Å². The standard InChI is InChI=1S/C11H14Cl2N2O2S/c1-2-9(11(12)13)8-15(14)18(16,17)10-6-4-3-5-7-10/h3-8,11H,2,14H2,1H3/b9-8+. The van der Waals surface area contributed by atoms with Gasteiger partial charge in [0.05, 0.1) is 4.90 Å². The summed E-state index contributed by atoms with van der Waals surface area (Å²) in [6.45, 7) is 1.81. The summed E-state index contributed by atoms with van der Waals surface area (Å²) >= 11 is 11.4. The third-order valence-electron chi connectivity index (χ3n) is 2.30. The van der Waals surface area contributed by atoms with Crippen molar-refractivity contribution >= 4 is 33.2 Å². The van der Waals surface area contributed by atoms with E-state index in [1.54, 1.807) is 18.2 Å². The van der Waals surface area contributed by atoms with Crippen molar-refractivity contribution in [2.45, 2.75) is 23.1 Å². The molecule has 0 radical (unpaired) electrons. The van der Waals surface area contributed by atoms with Crippen LogP contribution in [-0.2, 0) is 10.0 Å². The van der Waals surface area contributed by atoms with Crippen LogP contribution in [0.1, 0.15) is 13.3 Å². The molecule has 0 bridgehead atoms. The summed E-state index contributed by atoms with van der Waals surface area (Å²) in [5.74, 6) is 5.55. The van der Waals surface area contributed by atoms with Crippen LogP contribution in [0.5, 0.6) is 0 Å². The Morgan fingerprint density at radius 3 is 2.39 bits per heavy atom. The first-order chi connectivity index (χ1) is 8.39. The molecule has 0 aliphatic carbocycles. The summed E-state index contributed by atoms with van der Waals surface area (Å²) in [7, 11) is -3.76. The van der Waals surface area contributed by atoms with Crippen molar-refractivity contribution in [3.8, 4) is 0 Å². The van der Waals surface area contributed by atoms with Gasteiger partial charge in [-0.1, -0.05) is 25.1 Å². The number of hydrogen-bond acceptors (Lipinski definition) is 3. The molecule has 100 valence electrons. The Morgan fingerprint density at radius 2 is 1.94 bits per heavy atom. The quantitative estimate of drug-likeness (QED) is 0.517. The van der Waals surface area contributed by atoms with E-state index in [4.69, 9.17) is 29.0 Å². The lowest BCUT2D eigenvalue weighted by Gasteiger charge is -2.16. The summed E-state index contributed by atoms with van der Waals surface area (Å²) in [4.78, 5) is -0.674. The predicted octanol–water partition coefficient (Wildman–Crippen LogP) is 2.65. The lowest BCUT2D eigenvalue weighted by atomic mass is 10.2. The first-order valence-corrected chi connectivity index (χ1v) is 7.53. The van der Waals surface area contributed by atoms with E-state index in [1.807, 2.05) is 6.92 Å². The van der Waals surface area contributed by atoms with Gasteiger partial charge >= 0.3 is 0 Å². The average Bonchev–Trinajstić information content (AvgIpc) is 2.36. The molecule has 0 heterocycles. The number of hydrogen-bond donors (Lipinski definition) is 1. The summed E-state index contributed by atoms with van der Waals surface area (Å²) in [6, 6.07) is 7.90. The third-order valence-corrected chi connectivity index (χ3v) is 4.39. The Kier molecular flexibility index (Phi) is 5.47. The van der Waals surface area contributed by atoms with E-state index < -0.39 is 14.9 Å². The van der Waals surface area contributed by atoms with Crippen LogP contribution in [0.2, 0.25) is 0 Å². The molecule has 4 nitrogen and oxygen atoms in total. The van der Waals surface area contributed by atoms with E-state index in [1.165, 1.54) is 18.3 Å². The van der Waals surface area contributed by atoms with E-state index in [0.29, 0.717) is 16.4 Å². The molecule has 0 aliphatic heterocycles. The highest BCUT2D eigenvalue weighted by atomic mass is 35.5. The second-order valence-electron chi connectivity index (χ2n) is 3.51. The molecule has 1 rings (SSSR count). The fourth-order valence-corrected chi connectivity index (χ4v) is 2.69. The topological polar surface area (TPSA) is 63.4 Å². The number of benzene rings is 1. The molecular weight excluding hydrogens is 295 g/mol. The van der Waals surface area contributed by atoms with Crippen LogP contribution in [0.3, 0.4) is 0 Å². The van der Waals surface area contributed by atoms with Crippen LogP contribution in [0, 0.1) is 0 Å². The molecule has 0 aromatic heterocycles. The molecule has 7 heteroatoms. The molecular formula is C11H14Cl2N2O2S. The number of hydrazine groups is 1. The summed E-state index contributed by atoms with van der Waals surface area (Å²) in [5.41, 5.74) is 0.528. The second-order valence-corrected chi connectivity index (χ2v) is 6.45. The Morgan fingerprint density at radius 1 is 1.39 bits per heavy atom. The van der Waals surface area contributed by atoms with Crippen LogP contribution in [0.4, 0.5) is 0 Å². The second kappa shape index (κ2) is 6.43. The molecule has 0 spiro atoms. The van der Waals surface area contributed by atoms with Crippen molar-refractivity contribution in [3.05, 3.63) is 42.1 Å². The molecule has 1 aromatic carbocycles. The normalized spacial score (nSPS) is 12.8. The van der Waals surface area contributed by atoms with Crippen molar-refractivity contribution in [1.29, 1.82) is 0 Å². The first kappa shape index (κ1) is 15.3. The molecule has 1 aromatic rings. The number of alkyl halides is 2. The van der Waals surface area contributed by atoms with Crippen LogP contribution >= 0.6 is 23.2 Å². The lowest BCUT2D eigenvalue weighted by Crippen LogP contribution is -2.33. The Labute approximate surface area is 117 Å². The zero-order valence-corrected chi connectivity index (χ0v) is 12.1. The molecule has 0 saturated heterocycles. The number of rotatable bonds is 5. The van der Waals surface area contributed by atoms with Gasteiger partial charge in [-0.25, -0.2) is 10.3 Å². The number of sulfonamides is 1. The maximum Gasteiger partial charge on any atom is 0.277 e. The van der Waals surface area contributed by atoms with E-state index in [-0.39, 0.29) is 4.90 Å². The fourth-order valence-electron chi connectivity index (χ4n) is 1.25. The van der Waals surface area contributed by atoms with Gasteiger partial charge in [-0.05, 0) is 24.1 Å². The van der Waals surface area contributed by atoms with E-state index in [2.05, 4.69) is 0 Å². The Bertz CT molecular complexity index is 515. The monoisotopic (exact) mass is 308 g/mol. The van der Waals surface area contributed by atoms with Crippen LogP contribution < -0.4 is 5.84 Å². The molecule has 0 aliphatic rings. The van der Waals surface area contributed by atoms with E-state index >= 15 is 0 Å². The first-order valence-electron chi connectivity index (χ1n) is 5.22. The van der Waals surface area contributed by atoms with Gasteiger partial charge in [0.25, 0.3) is 10.0 Å². The molecule has 0 amide bonds. The van der Waals surface area contributed by atoms with Gasteiger partial charge in [-0.2, -0.15) is 8.42 Å². The largest absolute Gasteiger partial charge is 0.277 e. The minimum atomic E-state index is -3.76. The van der Waals surface area contributed by atoms with Gasteiger partial charge in [0.15, 0.2) is 0 Å². The van der Waals surface area contributed by atoms with Crippen molar-refractivity contribution in [1.82, 2.24) is 4.41 Å². The Balaban J connectivity index is 3.07. The van der Waals surface area contributed by atoms with Gasteiger partial charge in [0, 0.05) is 6.20 Å². The van der Waals surface area contributed by atoms with Crippen LogP contribution in [-0.4, -0.2) is 17.7 Å². The van der Waals surface area contributed by atoms with Crippen LogP contribution in [0.15, 0.2) is 47.0 Å². The van der Waals surface area contributed by atoms with Gasteiger partial charge < -0.3 is 0 Å². The molecule has 0 fully saturated rings. The van der Waals surface area contributed by atoms with Crippen molar-refractivity contribution in [2.24, 2.45) is 5.84 Å². The van der Waals surface area contributed by atoms with E-state index in [0.717, 1.165) is 0 Å². The SMILES string of the molecule is CC/C(=C\N(N)S(=O)(=O)c1ccccc1)C(Cl)Cl. The third kappa shape index (κ3) is 3.62. The molecule has 18 heavy (non-hydrogen) atoms. The number of halogens is 2. The average molecular weight is 309 g/mol. The minimum Gasteiger partial charge on any atom is -0.234 e. The van der Waals surface area contributed by atoms with E-state index in [9.17, 15) is 8.42 Å². The zero-order chi connectivity index (χ0) is 13.8. The minimum absolute atomic E-state index is 0.111. The number of nitrogens with two attached hydrogens (primary N) is 1. The summed E-state index contributed by atoms with van der Waals surface area (Å²) in [6.07, 6.45) is 1.75. The fraction of sp³-hybridized carbons (Fsp3) is 0.273. The van der Waals surface area contributed by atoms with Gasteiger partial charge in [0.2, 0.25) is 0 Å².